The molecular formula is C11H11F3N2O. The van der Waals surface area contributed by atoms with E-state index in [9.17, 15) is 13.2 Å². The van der Waals surface area contributed by atoms with Crippen molar-refractivity contribution in [2.45, 2.75) is 13.3 Å². The maximum atomic E-state index is 12.1. The molecule has 6 heteroatoms. The van der Waals surface area contributed by atoms with Crippen molar-refractivity contribution in [2.24, 2.45) is 0 Å². The Morgan fingerprint density at radius 3 is 2.41 bits per heavy atom. The number of aromatic nitrogens is 2. The van der Waals surface area contributed by atoms with Crippen molar-refractivity contribution in [2.75, 3.05) is 0 Å². The predicted molar refractivity (Wildman–Crippen MR) is 57.7 cm³/mol. The van der Waals surface area contributed by atoms with E-state index in [4.69, 9.17) is 0 Å². The van der Waals surface area contributed by atoms with Gasteiger partial charge in [0.15, 0.2) is 5.76 Å². The molecule has 17 heavy (non-hydrogen) atoms. The van der Waals surface area contributed by atoms with Crippen LogP contribution in [0.2, 0.25) is 0 Å². The predicted octanol–water partition coefficient (Wildman–Crippen LogP) is 3.27. The number of hydrogen-bond donors (Lipinski definition) is 0. The minimum atomic E-state index is -4.77. The standard InChI is InChI=1S/C11H11F3N2O/c1-4-9(16-6-8(3)15-7-16)10(5-2)17-11(12,13)14/h4-7H,1-2H2,3H3. The zero-order valence-electron chi connectivity index (χ0n) is 9.16. The van der Waals surface area contributed by atoms with E-state index in [0.29, 0.717) is 5.69 Å². The highest BCUT2D eigenvalue weighted by molar-refractivity contribution is 5.61. The van der Waals surface area contributed by atoms with Gasteiger partial charge in [-0.3, -0.25) is 0 Å². The third kappa shape index (κ3) is 3.51. The maximum Gasteiger partial charge on any atom is 0.573 e. The van der Waals surface area contributed by atoms with Crippen LogP contribution in [0.5, 0.6) is 0 Å². The van der Waals surface area contributed by atoms with E-state index in [0.717, 1.165) is 6.08 Å². The average Bonchev–Trinajstić information content (AvgIpc) is 2.62. The third-order valence-corrected chi connectivity index (χ3v) is 1.85. The molecule has 0 fully saturated rings. The molecule has 0 aromatic carbocycles. The van der Waals surface area contributed by atoms with Gasteiger partial charge in [-0.2, -0.15) is 0 Å². The van der Waals surface area contributed by atoms with Crippen LogP contribution >= 0.6 is 0 Å². The molecule has 0 saturated carbocycles. The summed E-state index contributed by atoms with van der Waals surface area (Å²) in [6.07, 6.45) is 0.368. The van der Waals surface area contributed by atoms with E-state index in [-0.39, 0.29) is 5.70 Å². The summed E-state index contributed by atoms with van der Waals surface area (Å²) in [5.41, 5.74) is 0.790. The molecule has 0 saturated heterocycles. The van der Waals surface area contributed by atoms with Gasteiger partial charge in [0.05, 0.1) is 17.7 Å². The normalized spacial score (nSPS) is 12.9. The largest absolute Gasteiger partial charge is 0.573 e. The Morgan fingerprint density at radius 1 is 1.41 bits per heavy atom. The lowest BCUT2D eigenvalue weighted by Crippen LogP contribution is -2.14. The highest BCUT2D eigenvalue weighted by Crippen LogP contribution is 2.25. The lowest BCUT2D eigenvalue weighted by molar-refractivity contribution is -0.303. The number of alkyl halides is 3. The number of nitrogens with zero attached hydrogens (tertiary/aromatic N) is 2. The highest BCUT2D eigenvalue weighted by atomic mass is 19.4. The zero-order valence-corrected chi connectivity index (χ0v) is 9.16. The molecule has 0 aliphatic rings. The van der Waals surface area contributed by atoms with E-state index < -0.39 is 12.1 Å². The Balaban J connectivity index is 3.19. The van der Waals surface area contributed by atoms with E-state index in [1.165, 1.54) is 17.0 Å². The van der Waals surface area contributed by atoms with Gasteiger partial charge in [0.25, 0.3) is 0 Å². The van der Waals surface area contributed by atoms with Crippen molar-refractivity contribution in [3.8, 4) is 0 Å². The Labute approximate surface area is 96.5 Å². The maximum absolute atomic E-state index is 12.1. The zero-order chi connectivity index (χ0) is 13.1. The second-order valence-electron chi connectivity index (χ2n) is 3.13. The quantitative estimate of drug-likeness (QED) is 0.600. The van der Waals surface area contributed by atoms with Crippen LogP contribution in [-0.2, 0) is 4.74 Å². The van der Waals surface area contributed by atoms with E-state index in [1.807, 2.05) is 0 Å². The minimum absolute atomic E-state index is 0.123. The topological polar surface area (TPSA) is 27.1 Å². The molecule has 1 heterocycles. The fourth-order valence-corrected chi connectivity index (χ4v) is 1.21. The molecule has 0 unspecified atom stereocenters. The number of hydrogen-bond acceptors (Lipinski definition) is 2. The Hall–Kier alpha value is -1.98. The highest BCUT2D eigenvalue weighted by Gasteiger charge is 2.32. The Morgan fingerprint density at radius 2 is 2.06 bits per heavy atom. The monoisotopic (exact) mass is 244 g/mol. The first kappa shape index (κ1) is 13.1. The van der Waals surface area contributed by atoms with Crippen LogP contribution < -0.4 is 0 Å². The summed E-state index contributed by atoms with van der Waals surface area (Å²) < 4.78 is 41.7. The SMILES string of the molecule is C=CC(OC(F)(F)F)=C(C=C)n1cnc(C)c1. The van der Waals surface area contributed by atoms with Crippen LogP contribution in [-0.4, -0.2) is 15.9 Å². The lowest BCUT2D eigenvalue weighted by atomic mass is 10.3. The molecule has 0 aliphatic heterocycles. The summed E-state index contributed by atoms with van der Waals surface area (Å²) in [4.78, 5) is 3.91. The van der Waals surface area contributed by atoms with Crippen LogP contribution in [0.15, 0.2) is 43.6 Å². The molecule has 92 valence electrons. The van der Waals surface area contributed by atoms with Crippen molar-refractivity contribution >= 4 is 5.70 Å². The Kier molecular flexibility index (Phi) is 3.77. The molecule has 0 atom stereocenters. The number of ether oxygens (including phenoxy) is 1. The van der Waals surface area contributed by atoms with Gasteiger partial charge < -0.3 is 9.30 Å². The third-order valence-electron chi connectivity index (χ3n) is 1.85. The van der Waals surface area contributed by atoms with Gasteiger partial charge in [-0.25, -0.2) is 4.98 Å². The van der Waals surface area contributed by atoms with Crippen molar-refractivity contribution in [1.82, 2.24) is 9.55 Å². The van der Waals surface area contributed by atoms with Gasteiger partial charge >= 0.3 is 6.36 Å². The first-order valence-electron chi connectivity index (χ1n) is 4.63. The van der Waals surface area contributed by atoms with Gasteiger partial charge in [0, 0.05) is 6.20 Å². The molecule has 0 spiro atoms. The number of halogens is 3. The van der Waals surface area contributed by atoms with Gasteiger partial charge in [-0.1, -0.05) is 13.2 Å². The summed E-state index contributed by atoms with van der Waals surface area (Å²) in [6, 6.07) is 0. The van der Waals surface area contributed by atoms with Gasteiger partial charge in [-0.05, 0) is 19.1 Å². The van der Waals surface area contributed by atoms with Crippen LogP contribution in [0.4, 0.5) is 13.2 Å². The lowest BCUT2D eigenvalue weighted by Gasteiger charge is -2.13. The van der Waals surface area contributed by atoms with E-state index in [1.54, 1.807) is 13.1 Å². The molecule has 0 amide bonds. The van der Waals surface area contributed by atoms with Gasteiger partial charge in [-0.15, -0.1) is 13.2 Å². The second kappa shape index (κ2) is 4.90. The molecule has 1 rings (SSSR count). The molecule has 0 aliphatic carbocycles. The molecule has 0 radical (unpaired) electrons. The second-order valence-corrected chi connectivity index (χ2v) is 3.13. The fourth-order valence-electron chi connectivity index (χ4n) is 1.21. The van der Waals surface area contributed by atoms with Gasteiger partial charge in [0.1, 0.15) is 0 Å². The summed E-state index contributed by atoms with van der Waals surface area (Å²) in [6.45, 7) is 8.44. The summed E-state index contributed by atoms with van der Waals surface area (Å²) >= 11 is 0. The molecule has 3 nitrogen and oxygen atoms in total. The van der Waals surface area contributed by atoms with Crippen molar-refractivity contribution in [3.05, 3.63) is 49.3 Å². The van der Waals surface area contributed by atoms with Crippen molar-refractivity contribution in [1.29, 1.82) is 0 Å². The van der Waals surface area contributed by atoms with Crippen LogP contribution in [0.1, 0.15) is 5.69 Å². The summed E-state index contributed by atoms with van der Waals surface area (Å²) in [5, 5.41) is 0. The number of rotatable bonds is 4. The van der Waals surface area contributed by atoms with Gasteiger partial charge in [0.2, 0.25) is 0 Å². The number of aryl methyl sites for hydroxylation is 1. The first-order chi connectivity index (χ1) is 7.87. The molecule has 1 aromatic heterocycles. The average molecular weight is 244 g/mol. The molecular weight excluding hydrogens is 233 g/mol. The van der Waals surface area contributed by atoms with Crippen molar-refractivity contribution in [3.63, 3.8) is 0 Å². The fraction of sp³-hybridized carbons (Fsp3) is 0.182. The van der Waals surface area contributed by atoms with Crippen molar-refractivity contribution < 1.29 is 17.9 Å². The van der Waals surface area contributed by atoms with E-state index in [2.05, 4.69) is 22.9 Å². The number of allylic oxidation sites excluding steroid dienone is 3. The summed E-state index contributed by atoms with van der Waals surface area (Å²) in [7, 11) is 0. The minimum Gasteiger partial charge on any atom is -0.404 e. The summed E-state index contributed by atoms with van der Waals surface area (Å²) in [5.74, 6) is -0.426. The number of imidazole rings is 1. The van der Waals surface area contributed by atoms with Crippen LogP contribution in [0.3, 0.4) is 0 Å². The first-order valence-corrected chi connectivity index (χ1v) is 4.63. The van der Waals surface area contributed by atoms with E-state index >= 15 is 0 Å². The Bertz CT molecular complexity index is 458. The molecule has 0 N–H and O–H groups in total. The smallest absolute Gasteiger partial charge is 0.404 e. The molecule has 0 bridgehead atoms. The molecule has 1 aromatic rings. The van der Waals surface area contributed by atoms with Crippen LogP contribution in [0, 0.1) is 6.92 Å². The van der Waals surface area contributed by atoms with Crippen LogP contribution in [0.25, 0.3) is 5.70 Å².